The Balaban J connectivity index is 1.58. The number of nitrogens with one attached hydrogen (secondary N) is 1. The van der Waals surface area contributed by atoms with Crippen molar-refractivity contribution in [3.8, 4) is 0 Å². The van der Waals surface area contributed by atoms with Crippen LogP contribution in [0.3, 0.4) is 0 Å². The number of hydrogen-bond acceptors (Lipinski definition) is 4. The third-order valence-electron chi connectivity index (χ3n) is 4.82. The maximum Gasteiger partial charge on any atom is 0.235 e. The summed E-state index contributed by atoms with van der Waals surface area (Å²) in [4.78, 5) is 19.0. The van der Waals surface area contributed by atoms with Crippen LogP contribution in [0.2, 0.25) is 0 Å². The minimum absolute atomic E-state index is 0.174. The number of aromatic amines is 1. The Morgan fingerprint density at radius 1 is 1.31 bits per heavy atom. The van der Waals surface area contributed by atoms with Crippen LogP contribution in [-0.2, 0) is 4.79 Å². The molecule has 1 fully saturated rings. The van der Waals surface area contributed by atoms with Gasteiger partial charge in [-0.15, -0.1) is 5.10 Å². The van der Waals surface area contributed by atoms with E-state index < -0.39 is 0 Å². The Morgan fingerprint density at radius 2 is 2.04 bits per heavy atom. The second kappa shape index (κ2) is 8.54. The first-order valence-corrected chi connectivity index (χ1v) is 10.0. The van der Waals surface area contributed by atoms with E-state index in [9.17, 15) is 4.79 Å². The zero-order chi connectivity index (χ0) is 18.5. The van der Waals surface area contributed by atoms with E-state index in [0.29, 0.717) is 11.0 Å². The Labute approximate surface area is 159 Å². The van der Waals surface area contributed by atoms with Crippen molar-refractivity contribution >= 4 is 29.8 Å². The summed E-state index contributed by atoms with van der Waals surface area (Å²) < 4.78 is 0. The zero-order valence-corrected chi connectivity index (χ0v) is 16.4. The van der Waals surface area contributed by atoms with Gasteiger partial charge in [0.15, 0.2) is 0 Å². The molecular weight excluding hydrogens is 344 g/mol. The van der Waals surface area contributed by atoms with Crippen LogP contribution in [0.4, 0.5) is 0 Å². The van der Waals surface area contributed by atoms with Crippen molar-refractivity contribution < 1.29 is 4.79 Å². The number of H-pyrrole nitrogens is 1. The number of amides is 1. The molecular formula is C20H26N4OS. The Bertz CT molecular complexity index is 778. The second-order valence-electron chi connectivity index (χ2n) is 6.96. The molecule has 1 aromatic heterocycles. The molecule has 1 amide bonds. The molecule has 1 aliphatic heterocycles. The highest BCUT2D eigenvalue weighted by atomic mass is 32.2. The number of aryl methyl sites for hydroxylation is 1. The number of thioether (sulfide) groups is 1. The number of nitrogens with zero attached hydrogens (tertiary/aromatic N) is 3. The van der Waals surface area contributed by atoms with Gasteiger partial charge in [0.2, 0.25) is 11.1 Å². The molecule has 0 aliphatic carbocycles. The van der Waals surface area contributed by atoms with Crippen LogP contribution < -0.4 is 0 Å². The van der Waals surface area contributed by atoms with Gasteiger partial charge in [-0.1, -0.05) is 49.0 Å². The van der Waals surface area contributed by atoms with Gasteiger partial charge in [-0.3, -0.25) is 9.89 Å². The van der Waals surface area contributed by atoms with Crippen molar-refractivity contribution in [2.45, 2.75) is 44.0 Å². The number of likely N-dealkylation sites (tertiary alicyclic amines) is 1. The van der Waals surface area contributed by atoms with Crippen molar-refractivity contribution in [3.05, 3.63) is 41.2 Å². The summed E-state index contributed by atoms with van der Waals surface area (Å²) in [7, 11) is 0. The number of piperidine rings is 1. The number of hydrogen-bond donors (Lipinski definition) is 1. The molecule has 1 aromatic carbocycles. The number of carbonyl (C=O) groups excluding carboxylic acids is 1. The van der Waals surface area contributed by atoms with Gasteiger partial charge < -0.3 is 4.90 Å². The van der Waals surface area contributed by atoms with Gasteiger partial charge in [0.25, 0.3) is 0 Å². The largest absolute Gasteiger partial charge is 0.342 e. The average Bonchev–Trinajstić information content (AvgIpc) is 3.08. The first-order chi connectivity index (χ1) is 12.5. The van der Waals surface area contributed by atoms with E-state index in [0.717, 1.165) is 37.4 Å². The highest BCUT2D eigenvalue weighted by Crippen LogP contribution is 2.24. The third-order valence-corrected chi connectivity index (χ3v) is 5.77. The molecule has 5 nitrogen and oxygen atoms in total. The number of benzene rings is 1. The number of carbonyl (C=O) groups is 1. The van der Waals surface area contributed by atoms with Crippen molar-refractivity contribution in [3.63, 3.8) is 0 Å². The lowest BCUT2D eigenvalue weighted by atomic mass is 9.99. The van der Waals surface area contributed by atoms with Crippen LogP contribution in [0.15, 0.2) is 29.4 Å². The van der Waals surface area contributed by atoms with E-state index in [1.54, 1.807) is 0 Å². The van der Waals surface area contributed by atoms with E-state index >= 15 is 0 Å². The lowest BCUT2D eigenvalue weighted by molar-refractivity contribution is -0.131. The molecule has 2 heterocycles. The van der Waals surface area contributed by atoms with E-state index in [1.807, 2.05) is 36.1 Å². The maximum absolute atomic E-state index is 12.6. The Hall–Kier alpha value is -2.08. The van der Waals surface area contributed by atoms with Crippen molar-refractivity contribution in [1.82, 2.24) is 20.1 Å². The van der Waals surface area contributed by atoms with Gasteiger partial charge in [-0.25, -0.2) is 4.98 Å². The molecule has 1 unspecified atom stereocenters. The van der Waals surface area contributed by atoms with Gasteiger partial charge >= 0.3 is 0 Å². The molecule has 0 saturated carbocycles. The van der Waals surface area contributed by atoms with Crippen LogP contribution in [0.1, 0.15) is 43.6 Å². The van der Waals surface area contributed by atoms with Gasteiger partial charge in [-0.2, -0.15) is 0 Å². The summed E-state index contributed by atoms with van der Waals surface area (Å²) in [5.74, 6) is 1.60. The highest BCUT2D eigenvalue weighted by Gasteiger charge is 2.25. The lowest BCUT2D eigenvalue weighted by Crippen LogP contribution is -2.41. The van der Waals surface area contributed by atoms with Crippen LogP contribution in [-0.4, -0.2) is 44.3 Å². The third kappa shape index (κ3) is 4.75. The SMILES string of the molecule is Cc1ccccc1C=Cc1nc(SC(C)C(=O)N2CCC(C)CC2)n[nH]1. The minimum Gasteiger partial charge on any atom is -0.342 e. The van der Waals surface area contributed by atoms with Gasteiger partial charge in [0, 0.05) is 13.1 Å². The van der Waals surface area contributed by atoms with Crippen LogP contribution in [0.25, 0.3) is 12.2 Å². The van der Waals surface area contributed by atoms with E-state index in [2.05, 4.69) is 41.2 Å². The van der Waals surface area contributed by atoms with Gasteiger partial charge in [0.1, 0.15) is 5.82 Å². The van der Waals surface area contributed by atoms with Crippen molar-refractivity contribution in [2.24, 2.45) is 5.92 Å². The predicted octanol–water partition coefficient (Wildman–Crippen LogP) is 4.02. The molecule has 0 radical (unpaired) electrons. The molecule has 2 aromatic rings. The molecule has 0 bridgehead atoms. The minimum atomic E-state index is -0.174. The van der Waals surface area contributed by atoms with E-state index in [1.165, 1.54) is 17.3 Å². The predicted molar refractivity (Wildman–Crippen MR) is 107 cm³/mol. The molecule has 1 atom stereocenters. The van der Waals surface area contributed by atoms with Crippen LogP contribution >= 0.6 is 11.8 Å². The Kier molecular flexibility index (Phi) is 6.14. The topological polar surface area (TPSA) is 61.9 Å². The van der Waals surface area contributed by atoms with Crippen molar-refractivity contribution in [2.75, 3.05) is 13.1 Å². The smallest absolute Gasteiger partial charge is 0.235 e. The standard InChI is InChI=1S/C20H26N4OS/c1-14-10-12-24(13-11-14)19(25)16(3)26-20-21-18(22-23-20)9-8-17-7-5-4-6-15(17)2/h4-9,14,16H,10-13H2,1-3H3,(H,21,22,23). The summed E-state index contributed by atoms with van der Waals surface area (Å²) in [6.45, 7) is 7.99. The van der Waals surface area contributed by atoms with Crippen LogP contribution in [0.5, 0.6) is 0 Å². The summed E-state index contributed by atoms with van der Waals surface area (Å²) in [5, 5.41) is 7.60. The second-order valence-corrected chi connectivity index (χ2v) is 8.27. The normalized spacial score (nSPS) is 17.0. The summed E-state index contributed by atoms with van der Waals surface area (Å²) in [5.41, 5.74) is 2.37. The van der Waals surface area contributed by atoms with Gasteiger partial charge in [0.05, 0.1) is 5.25 Å². The molecule has 1 N–H and O–H groups in total. The molecule has 3 rings (SSSR count). The fourth-order valence-electron chi connectivity index (χ4n) is 3.02. The molecule has 138 valence electrons. The van der Waals surface area contributed by atoms with E-state index in [-0.39, 0.29) is 11.2 Å². The summed E-state index contributed by atoms with van der Waals surface area (Å²) in [6.07, 6.45) is 6.13. The average molecular weight is 371 g/mol. The maximum atomic E-state index is 12.6. The number of aromatic nitrogens is 3. The Morgan fingerprint density at radius 3 is 2.77 bits per heavy atom. The zero-order valence-electron chi connectivity index (χ0n) is 15.6. The molecule has 6 heteroatoms. The fourth-order valence-corrected chi connectivity index (χ4v) is 3.84. The van der Waals surface area contributed by atoms with E-state index in [4.69, 9.17) is 0 Å². The highest BCUT2D eigenvalue weighted by molar-refractivity contribution is 8.00. The fraction of sp³-hybridized carbons (Fsp3) is 0.450. The monoisotopic (exact) mass is 370 g/mol. The lowest BCUT2D eigenvalue weighted by Gasteiger charge is -2.31. The summed E-state index contributed by atoms with van der Waals surface area (Å²) >= 11 is 1.41. The van der Waals surface area contributed by atoms with Crippen LogP contribution in [0, 0.1) is 12.8 Å². The van der Waals surface area contributed by atoms with Crippen molar-refractivity contribution in [1.29, 1.82) is 0 Å². The van der Waals surface area contributed by atoms with Gasteiger partial charge in [-0.05, 0) is 49.8 Å². The molecule has 26 heavy (non-hydrogen) atoms. The quantitative estimate of drug-likeness (QED) is 0.808. The number of rotatable bonds is 5. The summed E-state index contributed by atoms with van der Waals surface area (Å²) in [6, 6.07) is 8.19. The molecule has 1 aliphatic rings. The first kappa shape index (κ1) is 18.7. The first-order valence-electron chi connectivity index (χ1n) is 9.14. The molecule has 0 spiro atoms. The molecule has 1 saturated heterocycles.